The molecule has 0 atom stereocenters. The molecular weight excluding hydrogens is 334 g/mol. The largest absolute Gasteiger partial charge is 0.493 e. The van der Waals surface area contributed by atoms with Crippen molar-refractivity contribution >= 4 is 22.1 Å². The number of oxime groups is 1. The first kappa shape index (κ1) is 15.4. The first-order valence-corrected chi connectivity index (χ1v) is 7.16. The molecule has 21 heavy (non-hydrogen) atoms. The molecule has 110 valence electrons. The van der Waals surface area contributed by atoms with Gasteiger partial charge >= 0.3 is 0 Å². The monoisotopic (exact) mass is 349 g/mol. The van der Waals surface area contributed by atoms with Crippen molar-refractivity contribution in [3.05, 3.63) is 57.6 Å². The topological polar surface area (TPSA) is 51.0 Å². The van der Waals surface area contributed by atoms with Gasteiger partial charge in [-0.15, -0.1) is 0 Å². The summed E-state index contributed by atoms with van der Waals surface area (Å²) in [6.45, 7) is 2.49. The molecule has 0 bridgehead atoms. The Morgan fingerprint density at radius 2 is 1.95 bits per heavy atom. The van der Waals surface area contributed by atoms with E-state index in [0.717, 1.165) is 10.0 Å². The standard InChI is InChI=1S/C16H16BrNO3/c1-11-3-5-12(6-4-11)10-21-16-14(17)7-13(9-18-19)8-15(16)20-2/h3-9,19H,10H2,1-2H3/b18-9-. The molecular formula is C16H16BrNO3. The molecule has 0 radical (unpaired) electrons. The van der Waals surface area contributed by atoms with Crippen molar-refractivity contribution in [3.8, 4) is 11.5 Å². The second kappa shape index (κ2) is 7.13. The molecule has 0 saturated carbocycles. The van der Waals surface area contributed by atoms with Crippen LogP contribution in [0.15, 0.2) is 46.0 Å². The van der Waals surface area contributed by atoms with Crippen molar-refractivity contribution in [2.24, 2.45) is 5.16 Å². The molecule has 0 aliphatic rings. The van der Waals surface area contributed by atoms with Crippen molar-refractivity contribution in [3.63, 3.8) is 0 Å². The molecule has 5 heteroatoms. The van der Waals surface area contributed by atoms with Crippen molar-refractivity contribution < 1.29 is 14.7 Å². The third-order valence-electron chi connectivity index (χ3n) is 2.96. The Labute approximate surface area is 132 Å². The SMILES string of the molecule is COc1cc(/C=N\O)cc(Br)c1OCc1ccc(C)cc1. The normalized spacial score (nSPS) is 10.8. The summed E-state index contributed by atoms with van der Waals surface area (Å²) < 4.78 is 11.9. The van der Waals surface area contributed by atoms with E-state index in [1.54, 1.807) is 19.2 Å². The number of halogens is 1. The second-order valence-corrected chi connectivity index (χ2v) is 5.41. The van der Waals surface area contributed by atoms with Crippen LogP contribution in [-0.2, 0) is 6.61 Å². The molecule has 0 fully saturated rings. The van der Waals surface area contributed by atoms with E-state index in [1.807, 2.05) is 31.2 Å². The van der Waals surface area contributed by atoms with Gasteiger partial charge in [-0.25, -0.2) is 0 Å². The van der Waals surface area contributed by atoms with Crippen LogP contribution in [0.5, 0.6) is 11.5 Å². The van der Waals surface area contributed by atoms with Gasteiger partial charge in [-0.05, 0) is 40.5 Å². The van der Waals surface area contributed by atoms with E-state index < -0.39 is 0 Å². The van der Waals surface area contributed by atoms with Crippen LogP contribution >= 0.6 is 15.9 Å². The summed E-state index contributed by atoms with van der Waals surface area (Å²) in [4.78, 5) is 0. The first-order chi connectivity index (χ1) is 10.1. The molecule has 0 amide bonds. The highest BCUT2D eigenvalue weighted by Crippen LogP contribution is 2.36. The second-order valence-electron chi connectivity index (χ2n) is 4.55. The molecule has 2 rings (SSSR count). The first-order valence-electron chi connectivity index (χ1n) is 6.37. The smallest absolute Gasteiger partial charge is 0.175 e. The van der Waals surface area contributed by atoms with Crippen molar-refractivity contribution in [2.45, 2.75) is 13.5 Å². The number of aryl methyl sites for hydroxylation is 1. The molecule has 1 N–H and O–H groups in total. The third kappa shape index (κ3) is 3.98. The van der Waals surface area contributed by atoms with Crippen LogP contribution in [0.2, 0.25) is 0 Å². The summed E-state index contributed by atoms with van der Waals surface area (Å²) in [5, 5.41) is 11.6. The van der Waals surface area contributed by atoms with Crippen molar-refractivity contribution in [2.75, 3.05) is 7.11 Å². The zero-order chi connectivity index (χ0) is 15.2. The predicted octanol–water partition coefficient (Wildman–Crippen LogP) is 4.15. The molecule has 0 aliphatic heterocycles. The summed E-state index contributed by atoms with van der Waals surface area (Å²) >= 11 is 3.45. The van der Waals surface area contributed by atoms with Gasteiger partial charge in [0.05, 0.1) is 17.8 Å². The fourth-order valence-electron chi connectivity index (χ4n) is 1.86. The van der Waals surface area contributed by atoms with Crippen LogP contribution in [0.25, 0.3) is 0 Å². The Morgan fingerprint density at radius 3 is 2.57 bits per heavy atom. The zero-order valence-electron chi connectivity index (χ0n) is 11.8. The van der Waals surface area contributed by atoms with Crippen LogP contribution < -0.4 is 9.47 Å². The molecule has 2 aromatic carbocycles. The predicted molar refractivity (Wildman–Crippen MR) is 85.6 cm³/mol. The number of benzene rings is 2. The van der Waals surface area contributed by atoms with E-state index >= 15 is 0 Å². The number of methoxy groups -OCH3 is 1. The van der Waals surface area contributed by atoms with E-state index in [2.05, 4.69) is 21.1 Å². The van der Waals surface area contributed by atoms with Gasteiger partial charge in [-0.1, -0.05) is 35.0 Å². The molecule has 0 aliphatic carbocycles. The fourth-order valence-corrected chi connectivity index (χ4v) is 2.44. The molecule has 0 saturated heterocycles. The number of rotatable bonds is 5. The summed E-state index contributed by atoms with van der Waals surface area (Å²) in [5.41, 5.74) is 3.00. The average molecular weight is 350 g/mol. The van der Waals surface area contributed by atoms with Crippen LogP contribution in [0, 0.1) is 6.92 Å². The Morgan fingerprint density at radius 1 is 1.24 bits per heavy atom. The number of hydrogen-bond acceptors (Lipinski definition) is 4. The maximum atomic E-state index is 8.60. The zero-order valence-corrected chi connectivity index (χ0v) is 13.4. The van der Waals surface area contributed by atoms with Gasteiger partial charge in [0.25, 0.3) is 0 Å². The molecule has 0 spiro atoms. The van der Waals surface area contributed by atoms with Gasteiger partial charge in [0.2, 0.25) is 0 Å². The maximum absolute atomic E-state index is 8.60. The van der Waals surface area contributed by atoms with Crippen LogP contribution in [-0.4, -0.2) is 18.5 Å². The lowest BCUT2D eigenvalue weighted by atomic mass is 10.2. The van der Waals surface area contributed by atoms with E-state index in [4.69, 9.17) is 14.7 Å². The Hall–Kier alpha value is -2.01. The van der Waals surface area contributed by atoms with E-state index in [-0.39, 0.29) is 0 Å². The van der Waals surface area contributed by atoms with Gasteiger partial charge < -0.3 is 14.7 Å². The summed E-state index contributed by atoms with van der Waals surface area (Å²) in [6.07, 6.45) is 1.33. The molecule has 4 nitrogen and oxygen atoms in total. The van der Waals surface area contributed by atoms with Crippen molar-refractivity contribution in [1.29, 1.82) is 0 Å². The Kier molecular flexibility index (Phi) is 5.22. The van der Waals surface area contributed by atoms with E-state index in [1.165, 1.54) is 11.8 Å². The van der Waals surface area contributed by atoms with Gasteiger partial charge in [0.15, 0.2) is 11.5 Å². The molecule has 2 aromatic rings. The third-order valence-corrected chi connectivity index (χ3v) is 3.55. The van der Waals surface area contributed by atoms with Gasteiger partial charge in [-0.2, -0.15) is 0 Å². The minimum atomic E-state index is 0.447. The highest BCUT2D eigenvalue weighted by Gasteiger charge is 2.11. The quantitative estimate of drug-likeness (QED) is 0.501. The summed E-state index contributed by atoms with van der Waals surface area (Å²) in [6, 6.07) is 11.7. The minimum absolute atomic E-state index is 0.447. The van der Waals surface area contributed by atoms with E-state index in [0.29, 0.717) is 23.7 Å². The minimum Gasteiger partial charge on any atom is -0.493 e. The molecule has 0 unspecified atom stereocenters. The maximum Gasteiger partial charge on any atom is 0.175 e. The number of nitrogens with zero attached hydrogens (tertiary/aromatic N) is 1. The van der Waals surface area contributed by atoms with Crippen LogP contribution in [0.3, 0.4) is 0 Å². The number of hydrogen-bond donors (Lipinski definition) is 1. The Balaban J connectivity index is 2.20. The van der Waals surface area contributed by atoms with Crippen LogP contribution in [0.4, 0.5) is 0 Å². The average Bonchev–Trinajstić information content (AvgIpc) is 2.47. The fraction of sp³-hybridized carbons (Fsp3) is 0.188. The highest BCUT2D eigenvalue weighted by atomic mass is 79.9. The van der Waals surface area contributed by atoms with Crippen LogP contribution in [0.1, 0.15) is 16.7 Å². The molecule has 0 heterocycles. The number of ether oxygens (including phenoxy) is 2. The van der Waals surface area contributed by atoms with E-state index in [9.17, 15) is 0 Å². The molecule has 0 aromatic heterocycles. The van der Waals surface area contributed by atoms with Gasteiger partial charge in [0, 0.05) is 5.56 Å². The Bertz CT molecular complexity index is 639. The lowest BCUT2D eigenvalue weighted by Gasteiger charge is -2.13. The lowest BCUT2D eigenvalue weighted by Crippen LogP contribution is -1.99. The summed E-state index contributed by atoms with van der Waals surface area (Å²) in [7, 11) is 1.57. The van der Waals surface area contributed by atoms with Gasteiger partial charge in [0.1, 0.15) is 6.61 Å². The highest BCUT2D eigenvalue weighted by molar-refractivity contribution is 9.10. The van der Waals surface area contributed by atoms with Gasteiger partial charge in [-0.3, -0.25) is 0 Å². The van der Waals surface area contributed by atoms with Crippen molar-refractivity contribution in [1.82, 2.24) is 0 Å². The lowest BCUT2D eigenvalue weighted by molar-refractivity contribution is 0.282. The summed E-state index contributed by atoms with van der Waals surface area (Å²) in [5.74, 6) is 1.19.